The van der Waals surface area contributed by atoms with Crippen molar-refractivity contribution in [2.75, 3.05) is 66.7 Å². The van der Waals surface area contributed by atoms with E-state index >= 15 is 0 Å². The molecular formula is C19H29N3O6S. The SMILES string of the molecule is CON(C)S(=O)(=O)c1cccc(C(=O)N2CCC(OCCN3CCOCC3)C2)c1. The van der Waals surface area contributed by atoms with Gasteiger partial charge in [0.2, 0.25) is 0 Å². The third kappa shape index (κ3) is 5.53. The minimum absolute atomic E-state index is 0.00605. The Morgan fingerprint density at radius 3 is 2.76 bits per heavy atom. The molecule has 162 valence electrons. The van der Waals surface area contributed by atoms with Crippen LogP contribution < -0.4 is 0 Å². The molecule has 10 heteroatoms. The summed E-state index contributed by atoms with van der Waals surface area (Å²) in [6, 6.07) is 6.03. The number of benzene rings is 1. The van der Waals surface area contributed by atoms with E-state index in [1.165, 1.54) is 26.3 Å². The maximum Gasteiger partial charge on any atom is 0.264 e. The van der Waals surface area contributed by atoms with Crippen LogP contribution in [0.1, 0.15) is 16.8 Å². The van der Waals surface area contributed by atoms with Gasteiger partial charge in [0.1, 0.15) is 0 Å². The van der Waals surface area contributed by atoms with Crippen LogP contribution >= 0.6 is 0 Å². The molecule has 0 bridgehead atoms. The summed E-state index contributed by atoms with van der Waals surface area (Å²) in [5, 5.41) is 0. The molecular weight excluding hydrogens is 398 g/mol. The average molecular weight is 428 g/mol. The summed E-state index contributed by atoms with van der Waals surface area (Å²) in [5.41, 5.74) is 0.338. The highest BCUT2D eigenvalue weighted by molar-refractivity contribution is 7.89. The summed E-state index contributed by atoms with van der Waals surface area (Å²) in [5.74, 6) is -0.193. The lowest BCUT2D eigenvalue weighted by atomic mass is 10.2. The number of carbonyl (C=O) groups is 1. The van der Waals surface area contributed by atoms with Crippen molar-refractivity contribution in [3.8, 4) is 0 Å². The molecule has 1 atom stereocenters. The van der Waals surface area contributed by atoms with Crippen LogP contribution in [0, 0.1) is 0 Å². The van der Waals surface area contributed by atoms with Gasteiger partial charge in [-0.1, -0.05) is 10.5 Å². The van der Waals surface area contributed by atoms with Crippen molar-refractivity contribution in [2.24, 2.45) is 0 Å². The summed E-state index contributed by atoms with van der Waals surface area (Å²) >= 11 is 0. The third-order valence-corrected chi connectivity index (χ3v) is 6.95. The lowest BCUT2D eigenvalue weighted by molar-refractivity contribution is -0.0258. The van der Waals surface area contributed by atoms with E-state index in [-0.39, 0.29) is 16.9 Å². The van der Waals surface area contributed by atoms with E-state index in [0.29, 0.717) is 25.3 Å². The number of sulfonamides is 1. The van der Waals surface area contributed by atoms with Crippen molar-refractivity contribution < 1.29 is 27.5 Å². The fourth-order valence-electron chi connectivity index (χ4n) is 3.44. The first-order chi connectivity index (χ1) is 13.9. The lowest BCUT2D eigenvalue weighted by Crippen LogP contribution is -2.39. The van der Waals surface area contributed by atoms with Crippen LogP contribution in [-0.4, -0.2) is 101 Å². The van der Waals surface area contributed by atoms with Gasteiger partial charge in [-0.2, -0.15) is 0 Å². The van der Waals surface area contributed by atoms with Gasteiger partial charge in [0.15, 0.2) is 0 Å². The van der Waals surface area contributed by atoms with E-state index < -0.39 is 10.0 Å². The Labute approximate surface area is 172 Å². The first kappa shape index (κ1) is 22.1. The van der Waals surface area contributed by atoms with E-state index in [1.54, 1.807) is 17.0 Å². The van der Waals surface area contributed by atoms with Crippen LogP contribution in [0.5, 0.6) is 0 Å². The number of amides is 1. The van der Waals surface area contributed by atoms with Gasteiger partial charge in [-0.3, -0.25) is 14.5 Å². The quantitative estimate of drug-likeness (QED) is 0.556. The summed E-state index contributed by atoms with van der Waals surface area (Å²) in [4.78, 5) is 21.7. The Morgan fingerprint density at radius 1 is 1.28 bits per heavy atom. The number of nitrogens with zero attached hydrogens (tertiary/aromatic N) is 3. The second-order valence-corrected chi connectivity index (χ2v) is 9.05. The minimum atomic E-state index is -3.80. The second-order valence-electron chi connectivity index (χ2n) is 7.11. The molecule has 0 saturated carbocycles. The van der Waals surface area contributed by atoms with Gasteiger partial charge in [0, 0.05) is 45.3 Å². The van der Waals surface area contributed by atoms with Crippen molar-refractivity contribution in [3.63, 3.8) is 0 Å². The van der Waals surface area contributed by atoms with Crippen LogP contribution in [0.3, 0.4) is 0 Å². The number of rotatable bonds is 8. The summed E-state index contributed by atoms with van der Waals surface area (Å²) in [6.45, 7) is 5.98. The topological polar surface area (TPSA) is 88.6 Å². The Morgan fingerprint density at radius 2 is 2.03 bits per heavy atom. The fraction of sp³-hybridized carbons (Fsp3) is 0.632. The average Bonchev–Trinajstić information content (AvgIpc) is 3.22. The van der Waals surface area contributed by atoms with Crippen LogP contribution in [-0.2, 0) is 24.3 Å². The zero-order valence-electron chi connectivity index (χ0n) is 17.0. The van der Waals surface area contributed by atoms with Gasteiger partial charge in [-0.25, -0.2) is 8.42 Å². The van der Waals surface area contributed by atoms with Gasteiger partial charge >= 0.3 is 0 Å². The standard InChI is InChI=1S/C19H29N3O6S/c1-20(26-2)29(24,25)18-5-3-4-16(14-18)19(23)22-7-6-17(15-22)28-13-10-21-8-11-27-12-9-21/h3-5,14,17H,6-13,15H2,1-2H3. The molecule has 1 unspecified atom stereocenters. The Hall–Kier alpha value is -1.56. The molecule has 2 aliphatic heterocycles. The predicted octanol–water partition coefficient (Wildman–Crippen LogP) is 0.432. The van der Waals surface area contributed by atoms with Gasteiger partial charge in [-0.15, -0.1) is 0 Å². The zero-order valence-corrected chi connectivity index (χ0v) is 17.8. The van der Waals surface area contributed by atoms with Gasteiger partial charge in [-0.05, 0) is 24.6 Å². The minimum Gasteiger partial charge on any atom is -0.379 e. The fourth-order valence-corrected chi connectivity index (χ4v) is 4.46. The van der Waals surface area contributed by atoms with Crippen molar-refractivity contribution >= 4 is 15.9 Å². The molecule has 0 radical (unpaired) electrons. The van der Waals surface area contributed by atoms with E-state index in [2.05, 4.69) is 4.90 Å². The smallest absolute Gasteiger partial charge is 0.264 e. The predicted molar refractivity (Wildman–Crippen MR) is 106 cm³/mol. The molecule has 29 heavy (non-hydrogen) atoms. The first-order valence-electron chi connectivity index (χ1n) is 9.76. The van der Waals surface area contributed by atoms with Crippen LogP contribution in [0.2, 0.25) is 0 Å². The number of hydroxylamine groups is 1. The van der Waals surface area contributed by atoms with Gasteiger partial charge < -0.3 is 14.4 Å². The number of ether oxygens (including phenoxy) is 2. The van der Waals surface area contributed by atoms with Crippen LogP contribution in [0.4, 0.5) is 0 Å². The molecule has 2 heterocycles. The Bertz CT molecular complexity index is 797. The molecule has 2 saturated heterocycles. The first-order valence-corrected chi connectivity index (χ1v) is 11.2. The summed E-state index contributed by atoms with van der Waals surface area (Å²) < 4.78 is 36.9. The highest BCUT2D eigenvalue weighted by atomic mass is 32.2. The molecule has 9 nitrogen and oxygen atoms in total. The number of likely N-dealkylation sites (tertiary alicyclic amines) is 1. The summed E-state index contributed by atoms with van der Waals surface area (Å²) in [6.07, 6.45) is 0.783. The third-order valence-electron chi connectivity index (χ3n) is 5.27. The second kappa shape index (κ2) is 9.96. The van der Waals surface area contributed by atoms with Gasteiger partial charge in [0.25, 0.3) is 15.9 Å². The number of morpholine rings is 1. The Kier molecular flexibility index (Phi) is 7.60. The van der Waals surface area contributed by atoms with Crippen molar-refractivity contribution in [1.82, 2.24) is 14.3 Å². The number of hydrogen-bond acceptors (Lipinski definition) is 7. The van der Waals surface area contributed by atoms with Crippen molar-refractivity contribution in [2.45, 2.75) is 17.4 Å². The monoisotopic (exact) mass is 427 g/mol. The van der Waals surface area contributed by atoms with E-state index in [4.69, 9.17) is 14.3 Å². The van der Waals surface area contributed by atoms with E-state index in [0.717, 1.165) is 43.7 Å². The van der Waals surface area contributed by atoms with Crippen molar-refractivity contribution in [3.05, 3.63) is 29.8 Å². The maximum absolute atomic E-state index is 12.8. The molecule has 3 rings (SSSR count). The van der Waals surface area contributed by atoms with Gasteiger partial charge in [0.05, 0.1) is 37.9 Å². The van der Waals surface area contributed by atoms with E-state index in [9.17, 15) is 13.2 Å². The number of carbonyl (C=O) groups excluding carboxylic acids is 1. The highest BCUT2D eigenvalue weighted by Crippen LogP contribution is 2.20. The largest absolute Gasteiger partial charge is 0.379 e. The maximum atomic E-state index is 12.8. The normalized spacial score (nSPS) is 21.1. The lowest BCUT2D eigenvalue weighted by Gasteiger charge is -2.26. The zero-order chi connectivity index (χ0) is 20.9. The van der Waals surface area contributed by atoms with Crippen LogP contribution in [0.15, 0.2) is 29.2 Å². The molecule has 2 aliphatic rings. The molecule has 0 aliphatic carbocycles. The van der Waals surface area contributed by atoms with E-state index in [1.807, 2.05) is 0 Å². The molecule has 1 amide bonds. The molecule has 1 aromatic carbocycles. The molecule has 0 N–H and O–H groups in total. The Balaban J connectivity index is 1.54. The molecule has 0 spiro atoms. The highest BCUT2D eigenvalue weighted by Gasteiger charge is 2.29. The van der Waals surface area contributed by atoms with Crippen LogP contribution in [0.25, 0.3) is 0 Å². The molecule has 0 aromatic heterocycles. The molecule has 2 fully saturated rings. The van der Waals surface area contributed by atoms with Crippen molar-refractivity contribution in [1.29, 1.82) is 0 Å². The summed E-state index contributed by atoms with van der Waals surface area (Å²) in [7, 11) is -1.22. The molecule has 1 aromatic rings. The number of hydrogen-bond donors (Lipinski definition) is 0.